The molecule has 0 spiro atoms. The van der Waals surface area contributed by atoms with Gasteiger partial charge in [0.1, 0.15) is 23.7 Å². The minimum atomic E-state index is -0.299. The minimum absolute atomic E-state index is 0.0425. The highest BCUT2D eigenvalue weighted by Crippen LogP contribution is 2.24. The van der Waals surface area contributed by atoms with E-state index in [-0.39, 0.29) is 12.0 Å². The van der Waals surface area contributed by atoms with Crippen LogP contribution in [-0.4, -0.2) is 43.3 Å². The van der Waals surface area contributed by atoms with Gasteiger partial charge < -0.3 is 20.1 Å². The van der Waals surface area contributed by atoms with Crippen LogP contribution in [0.5, 0.6) is 5.75 Å². The maximum atomic E-state index is 11.9. The monoisotopic (exact) mass is 368 g/mol. The molecule has 0 radical (unpaired) electrons. The molecule has 3 rings (SSSR count). The van der Waals surface area contributed by atoms with Crippen LogP contribution in [0.2, 0.25) is 0 Å². The highest BCUT2D eigenvalue weighted by molar-refractivity contribution is 5.84. The smallest absolute Gasteiger partial charge is 0.249 e. The van der Waals surface area contributed by atoms with Gasteiger partial charge >= 0.3 is 0 Å². The average Bonchev–Trinajstić information content (AvgIpc) is 3.22. The van der Waals surface area contributed by atoms with E-state index in [1.165, 1.54) is 0 Å². The molecule has 7 heteroatoms. The average molecular weight is 368 g/mol. The number of pyridine rings is 1. The van der Waals surface area contributed by atoms with Crippen LogP contribution in [0.1, 0.15) is 31.7 Å². The fraction of sp³-hybridized carbons (Fsp3) is 0.450. The number of amides is 1. The zero-order chi connectivity index (χ0) is 19.1. The maximum absolute atomic E-state index is 11.9. The lowest BCUT2D eigenvalue weighted by Crippen LogP contribution is -2.35. The Labute approximate surface area is 158 Å². The van der Waals surface area contributed by atoms with E-state index in [9.17, 15) is 10.1 Å². The molecule has 7 nitrogen and oxygen atoms in total. The van der Waals surface area contributed by atoms with Gasteiger partial charge in [0.05, 0.1) is 17.7 Å². The lowest BCUT2D eigenvalue weighted by Gasteiger charge is -2.12. The first kappa shape index (κ1) is 18.9. The van der Waals surface area contributed by atoms with E-state index in [1.807, 2.05) is 31.2 Å². The molecule has 2 heterocycles. The van der Waals surface area contributed by atoms with Crippen molar-refractivity contribution in [3.05, 3.63) is 29.8 Å². The standard InChI is InChI=1S/C20H24N4O3/c1-2-26-16-6-7-17-14(12-16)11-15(13-21)19(24-17)22-8-4-9-23-20(25)18-5-3-10-27-18/h6-7,11-12,18H,2-5,8-10H2,1H3,(H,22,24)(H,23,25). The lowest BCUT2D eigenvalue weighted by molar-refractivity contribution is -0.130. The third-order valence-electron chi connectivity index (χ3n) is 4.39. The molecule has 0 aliphatic carbocycles. The Bertz CT molecular complexity index is 841. The van der Waals surface area contributed by atoms with E-state index in [4.69, 9.17) is 9.47 Å². The topological polar surface area (TPSA) is 96.3 Å². The Morgan fingerprint density at radius 2 is 2.30 bits per heavy atom. The Kier molecular flexibility index (Phi) is 6.44. The van der Waals surface area contributed by atoms with Crippen molar-refractivity contribution in [1.82, 2.24) is 10.3 Å². The number of hydrogen-bond donors (Lipinski definition) is 2. The molecule has 2 N–H and O–H groups in total. The predicted octanol–water partition coefficient (Wildman–Crippen LogP) is 2.60. The van der Waals surface area contributed by atoms with Gasteiger partial charge in [-0.15, -0.1) is 0 Å². The fourth-order valence-electron chi connectivity index (χ4n) is 3.04. The second-order valence-electron chi connectivity index (χ2n) is 6.36. The number of fused-ring (bicyclic) bond motifs is 1. The SMILES string of the molecule is CCOc1ccc2nc(NCCCNC(=O)C3CCCO3)c(C#N)cc2c1. The molecule has 1 unspecified atom stereocenters. The first-order chi connectivity index (χ1) is 13.2. The molecule has 1 aromatic heterocycles. The summed E-state index contributed by atoms with van der Waals surface area (Å²) in [5.41, 5.74) is 1.28. The Morgan fingerprint density at radius 3 is 3.04 bits per heavy atom. The second-order valence-corrected chi connectivity index (χ2v) is 6.36. The molecular weight excluding hydrogens is 344 g/mol. The lowest BCUT2D eigenvalue weighted by atomic mass is 10.1. The largest absolute Gasteiger partial charge is 0.494 e. The molecule has 2 aromatic rings. The molecule has 0 saturated carbocycles. The molecule has 142 valence electrons. The molecule has 1 atom stereocenters. The molecule has 27 heavy (non-hydrogen) atoms. The Hall–Kier alpha value is -2.85. The van der Waals surface area contributed by atoms with Crippen LogP contribution < -0.4 is 15.4 Å². The summed E-state index contributed by atoms with van der Waals surface area (Å²) in [7, 11) is 0. The summed E-state index contributed by atoms with van der Waals surface area (Å²) in [4.78, 5) is 16.4. The summed E-state index contributed by atoms with van der Waals surface area (Å²) >= 11 is 0. The summed E-state index contributed by atoms with van der Waals surface area (Å²) in [5.74, 6) is 1.28. The quantitative estimate of drug-likeness (QED) is 0.695. The number of carbonyl (C=O) groups excluding carboxylic acids is 1. The van der Waals surface area contributed by atoms with Crippen molar-refractivity contribution < 1.29 is 14.3 Å². The molecule has 0 bridgehead atoms. The number of nitrogens with one attached hydrogen (secondary N) is 2. The van der Waals surface area contributed by atoms with Crippen molar-refractivity contribution in [3.8, 4) is 11.8 Å². The van der Waals surface area contributed by atoms with Crippen molar-refractivity contribution in [2.24, 2.45) is 0 Å². The van der Waals surface area contributed by atoms with Gasteiger partial charge in [-0.1, -0.05) is 0 Å². The van der Waals surface area contributed by atoms with Crippen LogP contribution in [0.25, 0.3) is 10.9 Å². The minimum Gasteiger partial charge on any atom is -0.494 e. The summed E-state index contributed by atoms with van der Waals surface area (Å²) < 4.78 is 10.8. The van der Waals surface area contributed by atoms with Gasteiger partial charge in [-0.2, -0.15) is 5.26 Å². The van der Waals surface area contributed by atoms with Crippen LogP contribution in [0.4, 0.5) is 5.82 Å². The van der Waals surface area contributed by atoms with E-state index in [1.54, 1.807) is 0 Å². The molecule has 1 fully saturated rings. The fourth-order valence-corrected chi connectivity index (χ4v) is 3.04. The van der Waals surface area contributed by atoms with Gasteiger partial charge in [0.2, 0.25) is 5.91 Å². The van der Waals surface area contributed by atoms with E-state index >= 15 is 0 Å². The van der Waals surface area contributed by atoms with Crippen LogP contribution in [0.3, 0.4) is 0 Å². The van der Waals surface area contributed by atoms with Gasteiger partial charge in [-0.3, -0.25) is 4.79 Å². The number of benzene rings is 1. The highest BCUT2D eigenvalue weighted by atomic mass is 16.5. The highest BCUT2D eigenvalue weighted by Gasteiger charge is 2.22. The second kappa shape index (κ2) is 9.19. The zero-order valence-electron chi connectivity index (χ0n) is 15.5. The van der Waals surface area contributed by atoms with Crippen molar-refractivity contribution in [2.75, 3.05) is 31.6 Å². The van der Waals surface area contributed by atoms with Gasteiger partial charge in [-0.05, 0) is 50.5 Å². The summed E-state index contributed by atoms with van der Waals surface area (Å²) in [6, 6.07) is 9.63. The van der Waals surface area contributed by atoms with Crippen molar-refractivity contribution >= 4 is 22.6 Å². The van der Waals surface area contributed by atoms with Crippen molar-refractivity contribution in [1.29, 1.82) is 5.26 Å². The summed E-state index contributed by atoms with van der Waals surface area (Å²) in [5, 5.41) is 16.4. The van der Waals surface area contributed by atoms with E-state index < -0.39 is 0 Å². The Balaban J connectivity index is 1.55. The molecular formula is C20H24N4O3. The number of nitriles is 1. The molecule has 1 saturated heterocycles. The van der Waals surface area contributed by atoms with Crippen LogP contribution >= 0.6 is 0 Å². The zero-order valence-corrected chi connectivity index (χ0v) is 15.5. The molecule has 1 aliphatic rings. The van der Waals surface area contributed by atoms with Crippen molar-refractivity contribution in [2.45, 2.75) is 32.3 Å². The van der Waals surface area contributed by atoms with Gasteiger partial charge in [0.25, 0.3) is 0 Å². The number of anilines is 1. The first-order valence-corrected chi connectivity index (χ1v) is 9.32. The van der Waals surface area contributed by atoms with Gasteiger partial charge in [0, 0.05) is 25.1 Å². The number of ether oxygens (including phenoxy) is 2. The third kappa shape index (κ3) is 4.86. The molecule has 1 amide bonds. The Morgan fingerprint density at radius 1 is 1.41 bits per heavy atom. The van der Waals surface area contributed by atoms with Crippen LogP contribution in [-0.2, 0) is 9.53 Å². The number of nitrogens with zero attached hydrogens (tertiary/aromatic N) is 2. The van der Waals surface area contributed by atoms with Gasteiger partial charge in [0.15, 0.2) is 0 Å². The van der Waals surface area contributed by atoms with E-state index in [0.717, 1.165) is 35.9 Å². The number of carbonyl (C=O) groups is 1. The third-order valence-corrected chi connectivity index (χ3v) is 4.39. The normalized spacial score (nSPS) is 16.1. The predicted molar refractivity (Wildman–Crippen MR) is 103 cm³/mol. The van der Waals surface area contributed by atoms with Crippen LogP contribution in [0.15, 0.2) is 24.3 Å². The molecule has 1 aromatic carbocycles. The van der Waals surface area contributed by atoms with E-state index in [0.29, 0.717) is 37.7 Å². The van der Waals surface area contributed by atoms with Crippen LogP contribution in [0, 0.1) is 11.3 Å². The van der Waals surface area contributed by atoms with E-state index in [2.05, 4.69) is 21.7 Å². The molecule has 1 aliphatic heterocycles. The first-order valence-electron chi connectivity index (χ1n) is 9.32. The van der Waals surface area contributed by atoms with Crippen molar-refractivity contribution in [3.63, 3.8) is 0 Å². The number of rotatable bonds is 8. The number of hydrogen-bond acceptors (Lipinski definition) is 6. The maximum Gasteiger partial charge on any atom is 0.249 e. The number of aromatic nitrogens is 1. The summed E-state index contributed by atoms with van der Waals surface area (Å²) in [6.45, 7) is 4.34. The van der Waals surface area contributed by atoms with Gasteiger partial charge in [-0.25, -0.2) is 4.98 Å². The summed E-state index contributed by atoms with van der Waals surface area (Å²) in [6.07, 6.45) is 2.16.